The quantitative estimate of drug-likeness (QED) is 0.873. The van der Waals surface area contributed by atoms with Crippen LogP contribution in [0.15, 0.2) is 42.5 Å². The van der Waals surface area contributed by atoms with Crippen molar-refractivity contribution in [2.24, 2.45) is 0 Å². The summed E-state index contributed by atoms with van der Waals surface area (Å²) < 4.78 is 17.1. The number of amides is 1. The van der Waals surface area contributed by atoms with E-state index in [2.05, 4.69) is 10.2 Å². The lowest BCUT2D eigenvalue weighted by Gasteiger charge is -2.33. The second-order valence-electron chi connectivity index (χ2n) is 6.53. The number of carbonyl (C=O) groups is 1. The minimum atomic E-state index is -0.753. The molecule has 6 nitrogen and oxygen atoms in total. The minimum absolute atomic E-state index is 0.270. The molecule has 1 fully saturated rings. The Morgan fingerprint density at radius 2 is 1.78 bits per heavy atom. The van der Waals surface area contributed by atoms with Gasteiger partial charge < -0.3 is 24.4 Å². The van der Waals surface area contributed by atoms with Crippen molar-refractivity contribution in [2.75, 3.05) is 36.5 Å². The van der Waals surface area contributed by atoms with Crippen LogP contribution in [0.4, 0.5) is 11.4 Å². The molecule has 0 spiro atoms. The highest BCUT2D eigenvalue weighted by molar-refractivity contribution is 6.34. The monoisotopic (exact) mass is 388 g/mol. The number of anilines is 2. The fraction of sp³-hybridized carbons (Fsp3) is 0.350. The number of nitrogens with one attached hydrogen (secondary N) is 1. The van der Waals surface area contributed by atoms with Crippen LogP contribution in [0.25, 0.3) is 0 Å². The van der Waals surface area contributed by atoms with Crippen molar-refractivity contribution < 1.29 is 19.0 Å². The van der Waals surface area contributed by atoms with Gasteiger partial charge in [-0.2, -0.15) is 0 Å². The van der Waals surface area contributed by atoms with Crippen LogP contribution in [0.3, 0.4) is 0 Å². The molecule has 2 aromatic carbocycles. The zero-order valence-electron chi connectivity index (χ0n) is 15.0. The van der Waals surface area contributed by atoms with E-state index in [-0.39, 0.29) is 5.91 Å². The number of carbonyl (C=O) groups excluding carboxylic acids is 1. The molecule has 2 atom stereocenters. The second kappa shape index (κ2) is 7.66. The van der Waals surface area contributed by atoms with E-state index in [9.17, 15) is 4.79 Å². The molecular weight excluding hydrogens is 368 g/mol. The number of hydrogen-bond donors (Lipinski definition) is 1. The number of nitrogens with zero attached hydrogens (tertiary/aromatic N) is 1. The van der Waals surface area contributed by atoms with Crippen LogP contribution in [0.5, 0.6) is 11.5 Å². The molecule has 4 rings (SSSR count). The molecule has 0 aromatic heterocycles. The summed E-state index contributed by atoms with van der Waals surface area (Å²) in [6.45, 7) is 4.53. The van der Waals surface area contributed by atoms with Gasteiger partial charge in [0.05, 0.1) is 29.6 Å². The van der Waals surface area contributed by atoms with E-state index in [0.29, 0.717) is 35.4 Å². The Morgan fingerprint density at radius 3 is 2.52 bits per heavy atom. The maximum atomic E-state index is 12.9. The number of para-hydroxylation sites is 3. The van der Waals surface area contributed by atoms with Crippen LogP contribution >= 0.6 is 11.6 Å². The molecule has 1 saturated heterocycles. The molecule has 2 heterocycles. The number of benzene rings is 2. The zero-order valence-corrected chi connectivity index (χ0v) is 15.7. The van der Waals surface area contributed by atoms with Crippen molar-refractivity contribution >= 4 is 28.9 Å². The van der Waals surface area contributed by atoms with Crippen molar-refractivity contribution in [1.82, 2.24) is 0 Å². The summed E-state index contributed by atoms with van der Waals surface area (Å²) in [5.74, 6) is 0.940. The lowest BCUT2D eigenvalue weighted by atomic mass is 10.1. The van der Waals surface area contributed by atoms with E-state index >= 15 is 0 Å². The molecule has 0 bridgehead atoms. The highest BCUT2D eigenvalue weighted by atomic mass is 35.5. The fourth-order valence-corrected chi connectivity index (χ4v) is 3.63. The Bertz CT molecular complexity index is 838. The first-order valence-corrected chi connectivity index (χ1v) is 9.35. The molecule has 7 heteroatoms. The Labute approximate surface area is 163 Å². The molecule has 0 aliphatic carbocycles. The maximum Gasteiger partial charge on any atom is 0.269 e. The van der Waals surface area contributed by atoms with Gasteiger partial charge in [0, 0.05) is 13.1 Å². The van der Waals surface area contributed by atoms with E-state index in [4.69, 9.17) is 25.8 Å². The van der Waals surface area contributed by atoms with Crippen LogP contribution in [0, 0.1) is 0 Å². The SMILES string of the molecule is C[C@H]1Oc2ccccc2O[C@H]1C(=O)Nc1cccc(Cl)c1N1CCOCC1. The predicted octanol–water partition coefficient (Wildman–Crippen LogP) is 3.34. The first kappa shape index (κ1) is 17.9. The Balaban J connectivity index is 1.56. The third-order valence-corrected chi connectivity index (χ3v) is 4.98. The third-order valence-electron chi connectivity index (χ3n) is 4.67. The first-order valence-electron chi connectivity index (χ1n) is 8.98. The second-order valence-corrected chi connectivity index (χ2v) is 6.94. The largest absolute Gasteiger partial charge is 0.482 e. The van der Waals surface area contributed by atoms with Crippen LogP contribution in [-0.4, -0.2) is 44.4 Å². The number of ether oxygens (including phenoxy) is 3. The number of morpholine rings is 1. The Morgan fingerprint density at radius 1 is 1.07 bits per heavy atom. The van der Waals surface area contributed by atoms with Gasteiger partial charge in [-0.1, -0.05) is 29.8 Å². The smallest absolute Gasteiger partial charge is 0.269 e. The standard InChI is InChI=1S/C20H21ClN2O4/c1-13-19(27-17-8-3-2-7-16(17)26-13)20(24)22-15-6-4-5-14(21)18(15)23-9-11-25-12-10-23/h2-8,13,19H,9-12H2,1H3,(H,22,24)/t13-,19-/m1/s1. The summed E-state index contributed by atoms with van der Waals surface area (Å²) in [5, 5.41) is 3.56. The molecule has 0 radical (unpaired) electrons. The van der Waals surface area contributed by atoms with Gasteiger partial charge in [-0.25, -0.2) is 0 Å². The predicted molar refractivity (Wildman–Crippen MR) is 104 cm³/mol. The van der Waals surface area contributed by atoms with Crippen LogP contribution in [-0.2, 0) is 9.53 Å². The molecule has 2 aromatic rings. The number of fused-ring (bicyclic) bond motifs is 1. The highest BCUT2D eigenvalue weighted by Gasteiger charge is 2.34. The van der Waals surface area contributed by atoms with Crippen molar-refractivity contribution in [3.63, 3.8) is 0 Å². The molecular formula is C20H21ClN2O4. The van der Waals surface area contributed by atoms with Crippen molar-refractivity contribution in [2.45, 2.75) is 19.1 Å². The molecule has 0 saturated carbocycles. The third kappa shape index (κ3) is 3.68. The van der Waals surface area contributed by atoms with Gasteiger partial charge in [-0.3, -0.25) is 4.79 Å². The van der Waals surface area contributed by atoms with Crippen molar-refractivity contribution in [3.05, 3.63) is 47.5 Å². The van der Waals surface area contributed by atoms with Gasteiger partial charge in [0.25, 0.3) is 5.91 Å². The highest BCUT2D eigenvalue weighted by Crippen LogP contribution is 2.36. The van der Waals surface area contributed by atoms with Gasteiger partial charge in [0.2, 0.25) is 6.10 Å². The molecule has 27 heavy (non-hydrogen) atoms. The summed E-state index contributed by atoms with van der Waals surface area (Å²) in [4.78, 5) is 15.1. The van der Waals surface area contributed by atoms with Gasteiger partial charge in [-0.05, 0) is 31.2 Å². The lowest BCUT2D eigenvalue weighted by Crippen LogP contribution is -2.46. The average molecular weight is 389 g/mol. The molecule has 142 valence electrons. The summed E-state index contributed by atoms with van der Waals surface area (Å²) in [5.41, 5.74) is 1.46. The normalized spacial score (nSPS) is 21.6. The number of hydrogen-bond acceptors (Lipinski definition) is 5. The summed E-state index contributed by atoms with van der Waals surface area (Å²) >= 11 is 6.44. The number of halogens is 1. The Kier molecular flexibility index (Phi) is 5.09. The Hall–Kier alpha value is -2.44. The fourth-order valence-electron chi connectivity index (χ4n) is 3.33. The van der Waals surface area contributed by atoms with E-state index in [1.807, 2.05) is 43.3 Å². The first-order chi connectivity index (χ1) is 13.1. The molecule has 0 unspecified atom stereocenters. The van der Waals surface area contributed by atoms with Crippen LogP contribution in [0.1, 0.15) is 6.92 Å². The maximum absolute atomic E-state index is 12.9. The van der Waals surface area contributed by atoms with Crippen LogP contribution in [0.2, 0.25) is 5.02 Å². The average Bonchev–Trinajstić information content (AvgIpc) is 2.68. The minimum Gasteiger partial charge on any atom is -0.482 e. The molecule has 1 amide bonds. The topological polar surface area (TPSA) is 60.0 Å². The van der Waals surface area contributed by atoms with E-state index in [0.717, 1.165) is 18.8 Å². The summed E-state index contributed by atoms with van der Waals surface area (Å²) in [7, 11) is 0. The van der Waals surface area contributed by atoms with Crippen molar-refractivity contribution in [1.29, 1.82) is 0 Å². The van der Waals surface area contributed by atoms with E-state index in [1.54, 1.807) is 6.07 Å². The molecule has 2 aliphatic rings. The van der Waals surface area contributed by atoms with Gasteiger partial charge in [-0.15, -0.1) is 0 Å². The van der Waals surface area contributed by atoms with Crippen molar-refractivity contribution in [3.8, 4) is 11.5 Å². The van der Waals surface area contributed by atoms with Crippen LogP contribution < -0.4 is 19.7 Å². The summed E-state index contributed by atoms with van der Waals surface area (Å²) in [6.07, 6.45) is -1.16. The molecule has 2 aliphatic heterocycles. The number of rotatable bonds is 3. The van der Waals surface area contributed by atoms with E-state index in [1.165, 1.54) is 0 Å². The van der Waals surface area contributed by atoms with Gasteiger partial charge in [0.15, 0.2) is 11.5 Å². The summed E-state index contributed by atoms with van der Waals surface area (Å²) in [6, 6.07) is 12.8. The molecule has 1 N–H and O–H groups in total. The lowest BCUT2D eigenvalue weighted by molar-refractivity contribution is -0.128. The van der Waals surface area contributed by atoms with Gasteiger partial charge in [0.1, 0.15) is 6.10 Å². The van der Waals surface area contributed by atoms with Gasteiger partial charge >= 0.3 is 0 Å². The zero-order chi connectivity index (χ0) is 18.8. The van der Waals surface area contributed by atoms with E-state index < -0.39 is 12.2 Å².